The summed E-state index contributed by atoms with van der Waals surface area (Å²) in [6.45, 7) is 2.85. The molecule has 27 heavy (non-hydrogen) atoms. The maximum absolute atomic E-state index is 12.4. The van der Waals surface area contributed by atoms with Crippen LogP contribution in [0.5, 0.6) is 0 Å². The second-order valence-corrected chi connectivity index (χ2v) is 6.99. The first-order valence-corrected chi connectivity index (χ1v) is 9.65. The van der Waals surface area contributed by atoms with Crippen LogP contribution >= 0.6 is 0 Å². The molecule has 5 heteroatoms. The summed E-state index contributed by atoms with van der Waals surface area (Å²) in [5.74, 6) is -0.179. The van der Waals surface area contributed by atoms with E-state index in [1.54, 1.807) is 18.2 Å². The predicted molar refractivity (Wildman–Crippen MR) is 108 cm³/mol. The van der Waals surface area contributed by atoms with Gasteiger partial charge in [-0.1, -0.05) is 49.2 Å². The molecule has 0 radical (unpaired) electrons. The Kier molecular flexibility index (Phi) is 6.99. The van der Waals surface area contributed by atoms with Crippen molar-refractivity contribution in [1.29, 1.82) is 0 Å². The van der Waals surface area contributed by atoms with Gasteiger partial charge in [-0.3, -0.25) is 14.5 Å². The van der Waals surface area contributed by atoms with Crippen molar-refractivity contribution in [3.63, 3.8) is 0 Å². The third kappa shape index (κ3) is 6.22. The molecule has 0 aromatic heterocycles. The minimum atomic E-state index is -0.150. The molecule has 5 nitrogen and oxygen atoms in total. The molecule has 0 atom stereocenters. The van der Waals surface area contributed by atoms with Crippen molar-refractivity contribution in [3.8, 4) is 0 Å². The smallest absolute Gasteiger partial charge is 0.251 e. The molecule has 1 heterocycles. The number of hydrogen-bond donors (Lipinski definition) is 2. The number of amides is 2. The van der Waals surface area contributed by atoms with E-state index in [0.29, 0.717) is 24.3 Å². The fourth-order valence-corrected chi connectivity index (χ4v) is 3.32. The molecule has 2 N–H and O–H groups in total. The Hall–Kier alpha value is -2.66. The lowest BCUT2D eigenvalue weighted by atomic mass is 10.1. The van der Waals surface area contributed by atoms with Crippen LogP contribution in [0.15, 0.2) is 54.6 Å². The lowest BCUT2D eigenvalue weighted by Crippen LogP contribution is -2.34. The topological polar surface area (TPSA) is 61.4 Å². The largest absolute Gasteiger partial charge is 0.348 e. The number of carbonyl (C=O) groups is 2. The summed E-state index contributed by atoms with van der Waals surface area (Å²) < 4.78 is 0. The van der Waals surface area contributed by atoms with Gasteiger partial charge in [0.05, 0.1) is 6.54 Å². The van der Waals surface area contributed by atoms with E-state index in [0.717, 1.165) is 31.5 Å². The summed E-state index contributed by atoms with van der Waals surface area (Å²) in [6.07, 6.45) is 4.81. The second kappa shape index (κ2) is 9.88. The van der Waals surface area contributed by atoms with E-state index in [-0.39, 0.29) is 11.8 Å². The standard InChI is InChI=1S/C22H27N3O2/c26-21(17-25-13-6-1-2-7-14-25)24-20-12-8-11-19(15-20)22(27)23-16-18-9-4-3-5-10-18/h3-5,8-12,15H,1-2,6-7,13-14,16-17H2,(H,23,27)(H,24,26). The molecule has 2 amide bonds. The molecule has 1 fully saturated rings. The zero-order valence-electron chi connectivity index (χ0n) is 15.6. The van der Waals surface area contributed by atoms with Crippen molar-refractivity contribution < 1.29 is 9.59 Å². The van der Waals surface area contributed by atoms with Crippen molar-refractivity contribution in [3.05, 3.63) is 65.7 Å². The minimum absolute atomic E-state index is 0.0289. The van der Waals surface area contributed by atoms with Gasteiger partial charge in [0.2, 0.25) is 5.91 Å². The molecular weight excluding hydrogens is 338 g/mol. The maximum atomic E-state index is 12.4. The Bertz CT molecular complexity index is 753. The van der Waals surface area contributed by atoms with E-state index in [4.69, 9.17) is 0 Å². The number of nitrogens with one attached hydrogen (secondary N) is 2. The number of hydrogen-bond acceptors (Lipinski definition) is 3. The summed E-state index contributed by atoms with van der Waals surface area (Å²) in [6, 6.07) is 16.9. The van der Waals surface area contributed by atoms with Crippen molar-refractivity contribution >= 4 is 17.5 Å². The van der Waals surface area contributed by atoms with Crippen molar-refractivity contribution in [2.24, 2.45) is 0 Å². The number of likely N-dealkylation sites (tertiary alicyclic amines) is 1. The van der Waals surface area contributed by atoms with Gasteiger partial charge in [-0.25, -0.2) is 0 Å². The SMILES string of the molecule is O=C(CN1CCCCCC1)Nc1cccc(C(=O)NCc2ccccc2)c1. The molecule has 0 bridgehead atoms. The van der Waals surface area contributed by atoms with Gasteiger partial charge in [-0.2, -0.15) is 0 Å². The van der Waals surface area contributed by atoms with Gasteiger partial charge in [0.15, 0.2) is 0 Å². The number of anilines is 1. The molecule has 2 aromatic rings. The van der Waals surface area contributed by atoms with Crippen LogP contribution < -0.4 is 10.6 Å². The van der Waals surface area contributed by atoms with Crippen LogP contribution in [-0.4, -0.2) is 36.3 Å². The van der Waals surface area contributed by atoms with Gasteiger partial charge in [0, 0.05) is 17.8 Å². The highest BCUT2D eigenvalue weighted by Gasteiger charge is 2.13. The lowest BCUT2D eigenvalue weighted by molar-refractivity contribution is -0.117. The monoisotopic (exact) mass is 365 g/mol. The van der Waals surface area contributed by atoms with Gasteiger partial charge in [-0.15, -0.1) is 0 Å². The van der Waals surface area contributed by atoms with Crippen molar-refractivity contribution in [1.82, 2.24) is 10.2 Å². The van der Waals surface area contributed by atoms with E-state index in [1.807, 2.05) is 36.4 Å². The minimum Gasteiger partial charge on any atom is -0.348 e. The Morgan fingerprint density at radius 1 is 0.889 bits per heavy atom. The first-order valence-electron chi connectivity index (χ1n) is 9.65. The Labute approximate surface area is 160 Å². The second-order valence-electron chi connectivity index (χ2n) is 6.99. The summed E-state index contributed by atoms with van der Waals surface area (Å²) in [7, 11) is 0. The zero-order chi connectivity index (χ0) is 18.9. The molecule has 1 saturated heterocycles. The molecule has 0 unspecified atom stereocenters. The third-order valence-electron chi connectivity index (χ3n) is 4.77. The highest BCUT2D eigenvalue weighted by molar-refractivity contribution is 5.97. The van der Waals surface area contributed by atoms with E-state index >= 15 is 0 Å². The molecule has 0 aliphatic carbocycles. The summed E-state index contributed by atoms with van der Waals surface area (Å²) >= 11 is 0. The zero-order valence-corrected chi connectivity index (χ0v) is 15.6. The molecule has 142 valence electrons. The van der Waals surface area contributed by atoms with Crippen LogP contribution in [-0.2, 0) is 11.3 Å². The van der Waals surface area contributed by atoms with Gasteiger partial charge in [0.1, 0.15) is 0 Å². The molecule has 2 aromatic carbocycles. The first-order chi connectivity index (χ1) is 13.2. The van der Waals surface area contributed by atoms with Crippen molar-refractivity contribution in [2.45, 2.75) is 32.2 Å². The van der Waals surface area contributed by atoms with Gasteiger partial charge in [-0.05, 0) is 49.7 Å². The average Bonchev–Trinajstić information content (AvgIpc) is 2.95. The van der Waals surface area contributed by atoms with Crippen LogP contribution in [0.25, 0.3) is 0 Å². The number of rotatable bonds is 6. The summed E-state index contributed by atoms with van der Waals surface area (Å²) in [4.78, 5) is 26.9. The van der Waals surface area contributed by atoms with Crippen LogP contribution in [0.3, 0.4) is 0 Å². The van der Waals surface area contributed by atoms with Crippen molar-refractivity contribution in [2.75, 3.05) is 25.0 Å². The van der Waals surface area contributed by atoms with Crippen LogP contribution in [0.1, 0.15) is 41.6 Å². The molecule has 0 spiro atoms. The number of carbonyl (C=O) groups excluding carboxylic acids is 2. The Morgan fingerprint density at radius 3 is 2.37 bits per heavy atom. The van der Waals surface area contributed by atoms with Crippen LogP contribution in [0.2, 0.25) is 0 Å². The van der Waals surface area contributed by atoms with E-state index < -0.39 is 0 Å². The highest BCUT2D eigenvalue weighted by atomic mass is 16.2. The number of nitrogens with zero attached hydrogens (tertiary/aromatic N) is 1. The van der Waals surface area contributed by atoms with Gasteiger partial charge < -0.3 is 10.6 Å². The fraction of sp³-hybridized carbons (Fsp3) is 0.364. The first kappa shape index (κ1) is 19.1. The van der Waals surface area contributed by atoms with Crippen LogP contribution in [0, 0.1) is 0 Å². The molecule has 1 aliphatic rings. The molecule has 1 aliphatic heterocycles. The lowest BCUT2D eigenvalue weighted by Gasteiger charge is -2.19. The Morgan fingerprint density at radius 2 is 1.63 bits per heavy atom. The Balaban J connectivity index is 1.53. The summed E-state index contributed by atoms with van der Waals surface area (Å²) in [5, 5.41) is 5.83. The number of benzene rings is 2. The predicted octanol–water partition coefficient (Wildman–Crippen LogP) is 3.43. The quantitative estimate of drug-likeness (QED) is 0.824. The third-order valence-corrected chi connectivity index (χ3v) is 4.77. The van der Waals surface area contributed by atoms with E-state index in [9.17, 15) is 9.59 Å². The van der Waals surface area contributed by atoms with E-state index in [1.165, 1.54) is 12.8 Å². The van der Waals surface area contributed by atoms with Crippen LogP contribution in [0.4, 0.5) is 5.69 Å². The van der Waals surface area contributed by atoms with Gasteiger partial charge in [0.25, 0.3) is 5.91 Å². The maximum Gasteiger partial charge on any atom is 0.251 e. The average molecular weight is 365 g/mol. The summed E-state index contributed by atoms with van der Waals surface area (Å²) in [5.41, 5.74) is 2.24. The van der Waals surface area contributed by atoms with E-state index in [2.05, 4.69) is 15.5 Å². The molecule has 3 rings (SSSR count). The highest BCUT2D eigenvalue weighted by Crippen LogP contribution is 2.13. The normalized spacial score (nSPS) is 15.0. The molecular formula is C22H27N3O2. The fourth-order valence-electron chi connectivity index (χ4n) is 3.32. The van der Waals surface area contributed by atoms with Gasteiger partial charge >= 0.3 is 0 Å². The molecule has 0 saturated carbocycles.